The number of nitrogens with zero attached hydrogens (tertiary/aromatic N) is 1. The molecular weight excluding hydrogens is 442 g/mol. The lowest BCUT2D eigenvalue weighted by molar-refractivity contribution is -0.140. The number of para-hydroxylation sites is 1. The molecular formula is C28H33N3O4. The Morgan fingerprint density at radius 3 is 2.63 bits per heavy atom. The number of carbonyl (C=O) groups is 2. The molecule has 4 N–H and O–H groups in total. The van der Waals surface area contributed by atoms with E-state index < -0.39 is 12.0 Å². The smallest absolute Gasteiger partial charge is 0.224 e. The molecule has 4 rings (SSSR count). The van der Waals surface area contributed by atoms with Gasteiger partial charge in [0.05, 0.1) is 31.2 Å². The number of rotatable bonds is 10. The number of aliphatic hydroxyl groups is 2. The van der Waals surface area contributed by atoms with E-state index in [4.69, 9.17) is 0 Å². The molecule has 35 heavy (non-hydrogen) atoms. The number of aromatic amines is 1. The molecule has 7 heteroatoms. The van der Waals surface area contributed by atoms with Crippen LogP contribution in [0.25, 0.3) is 10.9 Å². The third-order valence-electron chi connectivity index (χ3n) is 6.84. The van der Waals surface area contributed by atoms with Crippen molar-refractivity contribution in [2.75, 3.05) is 13.2 Å². The summed E-state index contributed by atoms with van der Waals surface area (Å²) in [6.45, 7) is 3.84. The Morgan fingerprint density at radius 2 is 1.89 bits per heavy atom. The summed E-state index contributed by atoms with van der Waals surface area (Å²) in [6, 6.07) is 15.0. The van der Waals surface area contributed by atoms with Crippen LogP contribution in [0.4, 0.5) is 0 Å². The highest BCUT2D eigenvalue weighted by Crippen LogP contribution is 2.25. The minimum atomic E-state index is -0.603. The topological polar surface area (TPSA) is 106 Å². The standard InChI is InChI=1S/C28H33N3O4/c1-2-7-20(14-27(34)31-16-21-9-4-3-8-19(21)13-24(31)18-33)28(35)30-23(17-32)12-22-15-29-26-11-6-5-10-25(22)26/h2-6,8-11,15,20,23-24,29,32-33H,1,7,12-14,16-18H2,(H,30,35)/t20-,23+,24+/m1/s1. The average molecular weight is 476 g/mol. The van der Waals surface area contributed by atoms with Crippen LogP contribution in [0.5, 0.6) is 0 Å². The number of nitrogens with one attached hydrogen (secondary N) is 2. The Balaban J connectivity index is 1.43. The molecule has 1 aliphatic heterocycles. The average Bonchev–Trinajstić information content (AvgIpc) is 3.29. The summed E-state index contributed by atoms with van der Waals surface area (Å²) < 4.78 is 0. The van der Waals surface area contributed by atoms with Gasteiger partial charge >= 0.3 is 0 Å². The van der Waals surface area contributed by atoms with Gasteiger partial charge in [-0.2, -0.15) is 0 Å². The molecule has 3 aromatic rings. The van der Waals surface area contributed by atoms with E-state index in [2.05, 4.69) is 16.9 Å². The summed E-state index contributed by atoms with van der Waals surface area (Å²) in [5.41, 5.74) is 4.21. The lowest BCUT2D eigenvalue weighted by atomic mass is 9.92. The Morgan fingerprint density at radius 1 is 1.14 bits per heavy atom. The van der Waals surface area contributed by atoms with Crippen molar-refractivity contribution in [1.82, 2.24) is 15.2 Å². The molecule has 0 saturated carbocycles. The Labute approximate surface area is 205 Å². The van der Waals surface area contributed by atoms with Crippen LogP contribution in [-0.4, -0.2) is 57.2 Å². The molecule has 0 unspecified atom stereocenters. The van der Waals surface area contributed by atoms with Crippen molar-refractivity contribution in [2.24, 2.45) is 5.92 Å². The Bertz CT molecular complexity index is 1190. The molecule has 0 bridgehead atoms. The van der Waals surface area contributed by atoms with Crippen molar-refractivity contribution < 1.29 is 19.8 Å². The maximum Gasteiger partial charge on any atom is 0.224 e. The van der Waals surface area contributed by atoms with Gasteiger partial charge in [0.1, 0.15) is 0 Å². The molecule has 2 heterocycles. The van der Waals surface area contributed by atoms with Gasteiger partial charge in [0.25, 0.3) is 0 Å². The van der Waals surface area contributed by atoms with E-state index in [-0.39, 0.29) is 37.5 Å². The molecule has 0 radical (unpaired) electrons. The van der Waals surface area contributed by atoms with E-state index in [0.717, 1.165) is 27.6 Å². The first-order valence-electron chi connectivity index (χ1n) is 12.1. The van der Waals surface area contributed by atoms with Gasteiger partial charge in [0.15, 0.2) is 0 Å². The molecule has 2 amide bonds. The number of H-pyrrole nitrogens is 1. The van der Waals surface area contributed by atoms with Crippen LogP contribution < -0.4 is 5.32 Å². The highest BCUT2D eigenvalue weighted by Gasteiger charge is 2.32. The van der Waals surface area contributed by atoms with Crippen molar-refractivity contribution in [3.63, 3.8) is 0 Å². The highest BCUT2D eigenvalue weighted by atomic mass is 16.3. The van der Waals surface area contributed by atoms with Crippen LogP contribution >= 0.6 is 0 Å². The molecule has 0 spiro atoms. The number of aromatic nitrogens is 1. The fraction of sp³-hybridized carbons (Fsp3) is 0.357. The molecule has 0 saturated heterocycles. The fourth-order valence-corrected chi connectivity index (χ4v) is 4.90. The number of amides is 2. The summed E-state index contributed by atoms with van der Waals surface area (Å²) in [6.07, 6.45) is 4.96. The van der Waals surface area contributed by atoms with Crippen LogP contribution in [0.15, 0.2) is 67.4 Å². The minimum Gasteiger partial charge on any atom is -0.394 e. The molecule has 1 aromatic heterocycles. The third kappa shape index (κ3) is 5.63. The summed E-state index contributed by atoms with van der Waals surface area (Å²) >= 11 is 0. The van der Waals surface area contributed by atoms with Crippen molar-refractivity contribution in [3.05, 3.63) is 84.1 Å². The van der Waals surface area contributed by atoms with Crippen molar-refractivity contribution in [3.8, 4) is 0 Å². The second kappa shape index (κ2) is 11.3. The van der Waals surface area contributed by atoms with E-state index in [1.165, 1.54) is 0 Å². The van der Waals surface area contributed by atoms with E-state index in [9.17, 15) is 19.8 Å². The van der Waals surface area contributed by atoms with Crippen molar-refractivity contribution in [2.45, 2.75) is 44.3 Å². The number of hydrogen-bond donors (Lipinski definition) is 4. The molecule has 184 valence electrons. The van der Waals surface area contributed by atoms with Gasteiger partial charge in [-0.1, -0.05) is 48.5 Å². The van der Waals surface area contributed by atoms with E-state index in [0.29, 0.717) is 25.8 Å². The molecule has 7 nitrogen and oxygen atoms in total. The number of benzene rings is 2. The van der Waals surface area contributed by atoms with Gasteiger partial charge in [0.2, 0.25) is 11.8 Å². The predicted octanol–water partition coefficient (Wildman–Crippen LogP) is 2.72. The lowest BCUT2D eigenvalue weighted by Crippen LogP contribution is -2.48. The van der Waals surface area contributed by atoms with Gasteiger partial charge < -0.3 is 25.4 Å². The zero-order valence-electron chi connectivity index (χ0n) is 19.8. The SMILES string of the molecule is C=CC[C@H](CC(=O)N1Cc2ccccc2C[C@H]1CO)C(=O)N[C@H](CO)Cc1c[nH]c2ccccc12. The first-order valence-corrected chi connectivity index (χ1v) is 12.1. The first kappa shape index (κ1) is 24.7. The second-order valence-corrected chi connectivity index (χ2v) is 9.21. The van der Waals surface area contributed by atoms with Crippen LogP contribution in [0.3, 0.4) is 0 Å². The normalized spacial score (nSPS) is 17.0. The number of carbonyl (C=O) groups excluding carboxylic acids is 2. The number of hydrogen-bond acceptors (Lipinski definition) is 4. The fourth-order valence-electron chi connectivity index (χ4n) is 4.90. The molecule has 0 aliphatic carbocycles. The van der Waals surface area contributed by atoms with Gasteiger partial charge in [0, 0.05) is 30.1 Å². The Kier molecular flexibility index (Phi) is 8.00. The third-order valence-corrected chi connectivity index (χ3v) is 6.84. The monoisotopic (exact) mass is 475 g/mol. The zero-order chi connectivity index (χ0) is 24.8. The van der Waals surface area contributed by atoms with Crippen LogP contribution in [-0.2, 0) is 29.0 Å². The van der Waals surface area contributed by atoms with Gasteiger partial charge in [-0.05, 0) is 42.0 Å². The molecule has 2 aromatic carbocycles. The van der Waals surface area contributed by atoms with Gasteiger partial charge in [-0.3, -0.25) is 9.59 Å². The number of aliphatic hydroxyl groups excluding tert-OH is 2. The quantitative estimate of drug-likeness (QED) is 0.338. The minimum absolute atomic E-state index is 0.0156. The van der Waals surface area contributed by atoms with Gasteiger partial charge in [-0.25, -0.2) is 0 Å². The van der Waals surface area contributed by atoms with Gasteiger partial charge in [-0.15, -0.1) is 6.58 Å². The predicted molar refractivity (Wildman–Crippen MR) is 136 cm³/mol. The van der Waals surface area contributed by atoms with Crippen LogP contribution in [0.1, 0.15) is 29.5 Å². The largest absolute Gasteiger partial charge is 0.394 e. The summed E-state index contributed by atoms with van der Waals surface area (Å²) in [7, 11) is 0. The molecule has 1 aliphatic rings. The zero-order valence-corrected chi connectivity index (χ0v) is 19.8. The maximum atomic E-state index is 13.3. The van der Waals surface area contributed by atoms with E-state index in [1.807, 2.05) is 54.7 Å². The lowest BCUT2D eigenvalue weighted by Gasteiger charge is -2.36. The highest BCUT2D eigenvalue weighted by molar-refractivity contribution is 5.87. The van der Waals surface area contributed by atoms with E-state index in [1.54, 1.807) is 11.0 Å². The van der Waals surface area contributed by atoms with Crippen molar-refractivity contribution >= 4 is 22.7 Å². The maximum absolute atomic E-state index is 13.3. The molecule has 0 fully saturated rings. The van der Waals surface area contributed by atoms with Crippen LogP contribution in [0, 0.1) is 5.92 Å². The number of allylic oxidation sites excluding steroid dienone is 1. The summed E-state index contributed by atoms with van der Waals surface area (Å²) in [5.74, 6) is -1.05. The summed E-state index contributed by atoms with van der Waals surface area (Å²) in [4.78, 5) is 31.3. The van der Waals surface area contributed by atoms with E-state index >= 15 is 0 Å². The second-order valence-electron chi connectivity index (χ2n) is 9.21. The first-order chi connectivity index (χ1) is 17.0. The number of fused-ring (bicyclic) bond motifs is 2. The van der Waals surface area contributed by atoms with Crippen molar-refractivity contribution in [1.29, 1.82) is 0 Å². The van der Waals surface area contributed by atoms with Crippen LogP contribution in [0.2, 0.25) is 0 Å². The molecule has 3 atom stereocenters. The Hall–Kier alpha value is -3.42. The summed E-state index contributed by atoms with van der Waals surface area (Å²) in [5, 5.41) is 23.9.